The lowest BCUT2D eigenvalue weighted by atomic mass is 10.2. The van der Waals surface area contributed by atoms with Gasteiger partial charge in [-0.2, -0.15) is 0 Å². The number of nitrogens with one attached hydrogen (secondary N) is 1. The molecule has 0 bridgehead atoms. The van der Waals surface area contributed by atoms with Crippen molar-refractivity contribution in [1.82, 2.24) is 10.2 Å². The van der Waals surface area contributed by atoms with Crippen molar-refractivity contribution in [3.05, 3.63) is 29.8 Å². The van der Waals surface area contributed by atoms with Crippen LogP contribution in [0.4, 0.5) is 5.13 Å². The molecule has 0 saturated carbocycles. The summed E-state index contributed by atoms with van der Waals surface area (Å²) in [4.78, 5) is 12.2. The number of unbranched alkanes of at least 4 members (excludes halogenated alkanes) is 2. The van der Waals surface area contributed by atoms with Crippen LogP contribution < -0.4 is 14.8 Å². The van der Waals surface area contributed by atoms with Crippen molar-refractivity contribution < 1.29 is 14.3 Å². The molecule has 1 heterocycles. The average molecular weight is 436 g/mol. The number of anilines is 1. The number of benzene rings is 1. The van der Waals surface area contributed by atoms with Crippen molar-refractivity contribution in [3.8, 4) is 11.5 Å². The van der Waals surface area contributed by atoms with E-state index in [1.807, 2.05) is 25.1 Å². The molecule has 0 fully saturated rings. The fraction of sp³-hybridized carbons (Fsp3) is 0.476. The Kier molecular flexibility index (Phi) is 10.6. The number of aromatic nitrogens is 2. The number of amides is 1. The fourth-order valence-electron chi connectivity index (χ4n) is 2.28. The van der Waals surface area contributed by atoms with Crippen molar-refractivity contribution in [2.24, 2.45) is 0 Å². The molecule has 0 saturated heterocycles. The summed E-state index contributed by atoms with van der Waals surface area (Å²) in [5.41, 5.74) is 0.861. The van der Waals surface area contributed by atoms with Crippen molar-refractivity contribution in [2.75, 3.05) is 24.3 Å². The highest BCUT2D eigenvalue weighted by Gasteiger charge is 2.08. The Hall–Kier alpha value is -2.06. The first-order valence-corrected chi connectivity index (χ1v) is 11.8. The van der Waals surface area contributed by atoms with Gasteiger partial charge in [-0.1, -0.05) is 55.9 Å². The van der Waals surface area contributed by atoms with Crippen LogP contribution in [0.1, 0.15) is 52.0 Å². The summed E-state index contributed by atoms with van der Waals surface area (Å²) in [5.74, 6) is 2.18. The van der Waals surface area contributed by atoms with E-state index in [9.17, 15) is 4.79 Å². The second kappa shape index (κ2) is 13.2. The third-order valence-electron chi connectivity index (χ3n) is 3.81. The van der Waals surface area contributed by atoms with Crippen LogP contribution in [0.15, 0.2) is 28.6 Å². The lowest BCUT2D eigenvalue weighted by Crippen LogP contribution is -2.07. The lowest BCUT2D eigenvalue weighted by molar-refractivity contribution is -0.111. The third kappa shape index (κ3) is 8.45. The van der Waals surface area contributed by atoms with E-state index in [2.05, 4.69) is 29.4 Å². The Bertz CT molecular complexity index is 793. The Morgan fingerprint density at radius 3 is 2.72 bits per heavy atom. The van der Waals surface area contributed by atoms with Crippen molar-refractivity contribution >= 4 is 40.2 Å². The molecule has 6 nitrogen and oxygen atoms in total. The summed E-state index contributed by atoms with van der Waals surface area (Å²) < 4.78 is 12.3. The minimum atomic E-state index is -0.243. The molecule has 1 N–H and O–H groups in total. The van der Waals surface area contributed by atoms with Crippen LogP contribution in [-0.2, 0) is 4.79 Å². The molecule has 1 amide bonds. The van der Waals surface area contributed by atoms with Gasteiger partial charge in [0.25, 0.3) is 0 Å². The lowest BCUT2D eigenvalue weighted by Gasteiger charge is -2.12. The molecule has 0 radical (unpaired) electrons. The van der Waals surface area contributed by atoms with E-state index in [0.29, 0.717) is 24.1 Å². The van der Waals surface area contributed by atoms with Gasteiger partial charge in [0, 0.05) is 11.8 Å². The Labute approximate surface area is 181 Å². The van der Waals surface area contributed by atoms with Gasteiger partial charge in [0.1, 0.15) is 0 Å². The molecule has 0 spiro atoms. The maximum absolute atomic E-state index is 12.2. The van der Waals surface area contributed by atoms with Gasteiger partial charge >= 0.3 is 0 Å². The third-order valence-corrected chi connectivity index (χ3v) is 5.87. The van der Waals surface area contributed by atoms with Gasteiger partial charge in [-0.3, -0.25) is 10.1 Å². The monoisotopic (exact) mass is 435 g/mol. The maximum Gasteiger partial charge on any atom is 0.250 e. The minimum absolute atomic E-state index is 0.243. The van der Waals surface area contributed by atoms with Gasteiger partial charge in [0.15, 0.2) is 15.8 Å². The van der Waals surface area contributed by atoms with Gasteiger partial charge in [0.05, 0.1) is 13.2 Å². The number of nitrogens with zero attached hydrogens (tertiary/aromatic N) is 2. The van der Waals surface area contributed by atoms with Crippen LogP contribution in [-0.4, -0.2) is 35.1 Å². The molecule has 158 valence electrons. The zero-order chi connectivity index (χ0) is 20.9. The van der Waals surface area contributed by atoms with Gasteiger partial charge in [0.2, 0.25) is 11.0 Å². The molecule has 2 aromatic rings. The van der Waals surface area contributed by atoms with Crippen LogP contribution in [0, 0.1) is 0 Å². The summed E-state index contributed by atoms with van der Waals surface area (Å²) in [6.07, 6.45) is 7.59. The Morgan fingerprint density at radius 1 is 1.14 bits per heavy atom. The predicted octanol–water partition coefficient (Wildman–Crippen LogP) is 5.66. The van der Waals surface area contributed by atoms with Gasteiger partial charge in [-0.05, 0) is 43.5 Å². The van der Waals surface area contributed by atoms with Gasteiger partial charge < -0.3 is 9.47 Å². The van der Waals surface area contributed by atoms with Gasteiger partial charge in [-0.15, -0.1) is 10.2 Å². The molecular formula is C21H29N3O3S2. The van der Waals surface area contributed by atoms with Crippen molar-refractivity contribution in [3.63, 3.8) is 0 Å². The molecule has 1 aromatic heterocycles. The molecule has 1 aromatic carbocycles. The number of hydrogen-bond donors (Lipinski definition) is 1. The highest BCUT2D eigenvalue weighted by Crippen LogP contribution is 2.29. The predicted molar refractivity (Wildman–Crippen MR) is 121 cm³/mol. The first kappa shape index (κ1) is 23.2. The van der Waals surface area contributed by atoms with Crippen LogP contribution in [0.3, 0.4) is 0 Å². The van der Waals surface area contributed by atoms with Crippen LogP contribution in [0.25, 0.3) is 6.08 Å². The smallest absolute Gasteiger partial charge is 0.250 e. The first-order chi connectivity index (χ1) is 14.2. The second-order valence-electron chi connectivity index (χ2n) is 6.24. The number of rotatable bonds is 13. The highest BCUT2D eigenvalue weighted by molar-refractivity contribution is 8.01. The van der Waals surface area contributed by atoms with E-state index < -0.39 is 0 Å². The normalized spacial score (nSPS) is 11.0. The zero-order valence-electron chi connectivity index (χ0n) is 17.3. The van der Waals surface area contributed by atoms with E-state index in [-0.39, 0.29) is 5.91 Å². The van der Waals surface area contributed by atoms with Crippen molar-refractivity contribution in [1.29, 1.82) is 0 Å². The standard InChI is InChI=1S/C21H29N3O3S2/c1-4-7-13-27-17-11-9-16(15-18(17)26-6-3)10-12-19(25)22-20-23-24-21(29-20)28-14-8-5-2/h9-12,15H,4-8,13-14H2,1-3H3,(H,22,23,25)/b12-10+. The molecule has 8 heteroatoms. The van der Waals surface area contributed by atoms with Crippen LogP contribution >= 0.6 is 23.1 Å². The maximum atomic E-state index is 12.2. The Balaban J connectivity index is 1.93. The zero-order valence-corrected chi connectivity index (χ0v) is 18.9. The summed E-state index contributed by atoms with van der Waals surface area (Å²) >= 11 is 3.06. The summed E-state index contributed by atoms with van der Waals surface area (Å²) in [5, 5.41) is 11.4. The second-order valence-corrected chi connectivity index (χ2v) is 8.56. The SMILES string of the molecule is CCCCOc1ccc(/C=C/C(=O)Nc2nnc(SCCCC)s2)cc1OCC. The molecule has 0 aliphatic heterocycles. The number of ether oxygens (including phenoxy) is 2. The minimum Gasteiger partial charge on any atom is -0.490 e. The molecule has 0 atom stereocenters. The number of thioether (sulfide) groups is 1. The summed E-state index contributed by atoms with van der Waals surface area (Å²) in [6, 6.07) is 5.66. The number of hydrogen-bond acceptors (Lipinski definition) is 7. The molecule has 29 heavy (non-hydrogen) atoms. The van der Waals surface area contributed by atoms with Crippen molar-refractivity contribution in [2.45, 2.75) is 50.8 Å². The average Bonchev–Trinajstić information content (AvgIpc) is 3.15. The molecule has 0 aliphatic rings. The highest BCUT2D eigenvalue weighted by atomic mass is 32.2. The van der Waals surface area contributed by atoms with E-state index in [0.717, 1.165) is 47.1 Å². The van der Waals surface area contributed by atoms with E-state index in [4.69, 9.17) is 9.47 Å². The molecule has 0 unspecified atom stereocenters. The van der Waals surface area contributed by atoms with Crippen LogP contribution in [0.5, 0.6) is 11.5 Å². The molecular weight excluding hydrogens is 406 g/mol. The van der Waals surface area contributed by atoms with Crippen LogP contribution in [0.2, 0.25) is 0 Å². The quantitative estimate of drug-likeness (QED) is 0.189. The number of carbonyl (C=O) groups excluding carboxylic acids is 1. The summed E-state index contributed by atoms with van der Waals surface area (Å²) in [7, 11) is 0. The van der Waals surface area contributed by atoms with Gasteiger partial charge in [-0.25, -0.2) is 0 Å². The first-order valence-electron chi connectivity index (χ1n) is 10.0. The fourth-order valence-corrected chi connectivity index (χ4v) is 4.19. The topological polar surface area (TPSA) is 73.3 Å². The Morgan fingerprint density at radius 2 is 1.97 bits per heavy atom. The largest absolute Gasteiger partial charge is 0.490 e. The molecule has 0 aliphatic carbocycles. The van der Waals surface area contributed by atoms with E-state index in [1.165, 1.54) is 17.4 Å². The van der Waals surface area contributed by atoms with E-state index in [1.54, 1.807) is 17.8 Å². The van der Waals surface area contributed by atoms with E-state index >= 15 is 0 Å². The molecule has 2 rings (SSSR count). The number of carbonyl (C=O) groups is 1. The summed E-state index contributed by atoms with van der Waals surface area (Å²) in [6.45, 7) is 7.42.